The minimum absolute atomic E-state index is 0.132. The summed E-state index contributed by atoms with van der Waals surface area (Å²) in [5.41, 5.74) is 7.55. The van der Waals surface area contributed by atoms with Gasteiger partial charge in [-0.05, 0) is 24.6 Å². The molecule has 2 rings (SSSR count). The summed E-state index contributed by atoms with van der Waals surface area (Å²) in [7, 11) is 1.26. The van der Waals surface area contributed by atoms with Gasteiger partial charge in [-0.15, -0.1) is 0 Å². The minimum atomic E-state index is -0.788. The number of carbonyl (C=O) groups excluding carboxylic acids is 2. The molecule has 20 heavy (non-hydrogen) atoms. The van der Waals surface area contributed by atoms with Crippen LogP contribution in [0.3, 0.4) is 0 Å². The molecule has 1 atom stereocenters. The summed E-state index contributed by atoms with van der Waals surface area (Å²) in [4.78, 5) is 22.8. The Hall–Kier alpha value is -2.48. The molecule has 0 saturated carbocycles. The van der Waals surface area contributed by atoms with Crippen molar-refractivity contribution in [3.63, 3.8) is 0 Å². The second-order valence-corrected chi connectivity index (χ2v) is 4.24. The lowest BCUT2D eigenvalue weighted by Gasteiger charge is -2.09. The molecule has 0 aliphatic rings. The van der Waals surface area contributed by atoms with Crippen LogP contribution in [0.1, 0.15) is 12.8 Å². The number of anilines is 1. The summed E-state index contributed by atoms with van der Waals surface area (Å²) in [6.07, 6.45) is 0.359. The summed E-state index contributed by atoms with van der Waals surface area (Å²) in [5, 5.41) is 13.0. The maximum Gasteiger partial charge on any atom is 0.322 e. The van der Waals surface area contributed by atoms with E-state index in [0.29, 0.717) is 11.2 Å². The van der Waals surface area contributed by atoms with E-state index >= 15 is 0 Å². The molecule has 0 aliphatic carbocycles. The van der Waals surface area contributed by atoms with E-state index in [9.17, 15) is 9.59 Å². The lowest BCUT2D eigenvalue weighted by Crippen LogP contribution is -2.32. The predicted molar refractivity (Wildman–Crippen MR) is 71.7 cm³/mol. The van der Waals surface area contributed by atoms with Gasteiger partial charge in [-0.3, -0.25) is 9.59 Å². The zero-order valence-corrected chi connectivity index (χ0v) is 10.9. The molecule has 0 aliphatic heterocycles. The third-order valence-electron chi connectivity index (χ3n) is 2.79. The average Bonchev–Trinajstić information content (AvgIpc) is 2.91. The van der Waals surface area contributed by atoms with Gasteiger partial charge in [0.05, 0.1) is 7.11 Å². The van der Waals surface area contributed by atoms with Crippen LogP contribution in [-0.2, 0) is 14.3 Å². The summed E-state index contributed by atoms with van der Waals surface area (Å²) in [6, 6.07) is 4.39. The first-order valence-electron chi connectivity index (χ1n) is 6.04. The van der Waals surface area contributed by atoms with E-state index < -0.39 is 12.0 Å². The van der Waals surface area contributed by atoms with Gasteiger partial charge < -0.3 is 15.8 Å². The first kappa shape index (κ1) is 13.9. The van der Waals surface area contributed by atoms with Crippen molar-refractivity contribution in [3.8, 4) is 0 Å². The highest BCUT2D eigenvalue weighted by atomic mass is 16.5. The van der Waals surface area contributed by atoms with Gasteiger partial charge in [-0.2, -0.15) is 15.4 Å². The third-order valence-corrected chi connectivity index (χ3v) is 2.79. The molecular formula is C12H15N5O3. The number of nitrogens with zero attached hydrogens (tertiary/aromatic N) is 2. The van der Waals surface area contributed by atoms with Crippen molar-refractivity contribution in [3.05, 3.63) is 18.2 Å². The molecule has 0 radical (unpaired) electrons. The molecule has 0 unspecified atom stereocenters. The van der Waals surface area contributed by atoms with Crippen molar-refractivity contribution in [2.45, 2.75) is 18.9 Å². The van der Waals surface area contributed by atoms with E-state index in [1.54, 1.807) is 18.2 Å². The zero-order chi connectivity index (χ0) is 14.5. The molecule has 1 heterocycles. The fourth-order valence-electron chi connectivity index (χ4n) is 1.70. The largest absolute Gasteiger partial charge is 0.468 e. The van der Waals surface area contributed by atoms with Crippen molar-refractivity contribution >= 4 is 28.6 Å². The lowest BCUT2D eigenvalue weighted by atomic mass is 10.1. The number of rotatable bonds is 5. The van der Waals surface area contributed by atoms with E-state index in [0.717, 1.165) is 5.52 Å². The van der Waals surface area contributed by atoms with E-state index in [1.807, 2.05) is 0 Å². The third kappa shape index (κ3) is 3.29. The highest BCUT2D eigenvalue weighted by molar-refractivity contribution is 5.93. The lowest BCUT2D eigenvalue weighted by molar-refractivity contribution is -0.142. The molecule has 106 valence electrons. The molecule has 2 aromatic rings. The Morgan fingerprint density at radius 2 is 2.15 bits per heavy atom. The number of aromatic nitrogens is 3. The molecular weight excluding hydrogens is 262 g/mol. The fraction of sp³-hybridized carbons (Fsp3) is 0.333. The Morgan fingerprint density at radius 3 is 2.90 bits per heavy atom. The van der Waals surface area contributed by atoms with Crippen LogP contribution in [0.4, 0.5) is 5.69 Å². The van der Waals surface area contributed by atoms with Crippen molar-refractivity contribution in [1.29, 1.82) is 0 Å². The molecule has 1 aromatic heterocycles. The second-order valence-electron chi connectivity index (χ2n) is 4.24. The van der Waals surface area contributed by atoms with E-state index in [-0.39, 0.29) is 18.7 Å². The van der Waals surface area contributed by atoms with Gasteiger partial charge in [0, 0.05) is 12.1 Å². The van der Waals surface area contributed by atoms with Crippen molar-refractivity contribution in [2.24, 2.45) is 5.73 Å². The molecule has 8 heteroatoms. The van der Waals surface area contributed by atoms with Gasteiger partial charge in [0.25, 0.3) is 0 Å². The Morgan fingerprint density at radius 1 is 1.40 bits per heavy atom. The SMILES string of the molecule is COC(=O)[C@@H](N)CCC(=O)Nc1ccc2n[nH]nc2c1. The molecule has 0 spiro atoms. The van der Waals surface area contributed by atoms with Crippen LogP contribution in [0.25, 0.3) is 11.0 Å². The Labute approximate surface area is 114 Å². The molecule has 0 saturated heterocycles. The van der Waals surface area contributed by atoms with E-state index in [4.69, 9.17) is 5.73 Å². The fourth-order valence-corrected chi connectivity index (χ4v) is 1.70. The molecule has 4 N–H and O–H groups in total. The number of nitrogens with two attached hydrogens (primary N) is 1. The quantitative estimate of drug-likeness (QED) is 0.670. The summed E-state index contributed by atoms with van der Waals surface area (Å²) in [6.45, 7) is 0. The molecule has 0 bridgehead atoms. The molecule has 8 nitrogen and oxygen atoms in total. The Bertz CT molecular complexity index is 624. The molecule has 0 fully saturated rings. The monoisotopic (exact) mass is 277 g/mol. The van der Waals surface area contributed by atoms with Crippen LogP contribution < -0.4 is 11.1 Å². The number of ether oxygens (including phenoxy) is 1. The standard InChI is InChI=1S/C12H15N5O3/c1-20-12(19)8(13)3-5-11(18)14-7-2-4-9-10(6-7)16-17-15-9/h2,4,6,8H,3,5,13H2,1H3,(H,14,18)(H,15,16,17)/t8-/m0/s1. The maximum atomic E-state index is 11.7. The average molecular weight is 277 g/mol. The van der Waals surface area contributed by atoms with Gasteiger partial charge in [0.2, 0.25) is 5.91 Å². The van der Waals surface area contributed by atoms with Gasteiger partial charge in [-0.25, -0.2) is 0 Å². The van der Waals surface area contributed by atoms with Crippen molar-refractivity contribution in [1.82, 2.24) is 15.4 Å². The number of amides is 1. The number of carbonyl (C=O) groups is 2. The maximum absolute atomic E-state index is 11.7. The van der Waals surface area contributed by atoms with Gasteiger partial charge in [0.1, 0.15) is 17.1 Å². The smallest absolute Gasteiger partial charge is 0.322 e. The summed E-state index contributed by atoms with van der Waals surface area (Å²) in [5.74, 6) is -0.756. The van der Waals surface area contributed by atoms with Crippen LogP contribution in [0.5, 0.6) is 0 Å². The van der Waals surface area contributed by atoms with Crippen LogP contribution in [0.2, 0.25) is 0 Å². The number of benzene rings is 1. The Balaban J connectivity index is 1.89. The van der Waals surface area contributed by atoms with Gasteiger partial charge >= 0.3 is 5.97 Å². The van der Waals surface area contributed by atoms with E-state index in [2.05, 4.69) is 25.5 Å². The number of hydrogen-bond acceptors (Lipinski definition) is 6. The van der Waals surface area contributed by atoms with Crippen LogP contribution >= 0.6 is 0 Å². The number of methoxy groups -OCH3 is 1. The molecule has 1 aromatic carbocycles. The number of fused-ring (bicyclic) bond motifs is 1. The van der Waals surface area contributed by atoms with Crippen molar-refractivity contribution < 1.29 is 14.3 Å². The highest BCUT2D eigenvalue weighted by Crippen LogP contribution is 2.15. The van der Waals surface area contributed by atoms with Crippen LogP contribution in [0, 0.1) is 0 Å². The highest BCUT2D eigenvalue weighted by Gasteiger charge is 2.15. The summed E-state index contributed by atoms with van der Waals surface area (Å²) >= 11 is 0. The topological polar surface area (TPSA) is 123 Å². The first-order chi connectivity index (χ1) is 9.60. The normalized spacial score (nSPS) is 12.1. The van der Waals surface area contributed by atoms with Gasteiger partial charge in [0.15, 0.2) is 0 Å². The number of aromatic amines is 1. The Kier molecular flexibility index (Phi) is 4.26. The van der Waals surface area contributed by atoms with Gasteiger partial charge in [-0.1, -0.05) is 0 Å². The van der Waals surface area contributed by atoms with E-state index in [1.165, 1.54) is 7.11 Å². The zero-order valence-electron chi connectivity index (χ0n) is 10.9. The predicted octanol–water partition coefficient (Wildman–Crippen LogP) is 0.177. The number of esters is 1. The minimum Gasteiger partial charge on any atom is -0.468 e. The number of H-pyrrole nitrogens is 1. The summed E-state index contributed by atoms with van der Waals surface area (Å²) < 4.78 is 4.49. The second kappa shape index (κ2) is 6.11. The number of nitrogens with one attached hydrogen (secondary N) is 2. The van der Waals surface area contributed by atoms with Crippen molar-refractivity contribution in [2.75, 3.05) is 12.4 Å². The number of hydrogen-bond donors (Lipinski definition) is 3. The molecule has 1 amide bonds. The van der Waals surface area contributed by atoms with Crippen LogP contribution in [0.15, 0.2) is 18.2 Å². The first-order valence-corrected chi connectivity index (χ1v) is 6.04. The van der Waals surface area contributed by atoms with Crippen LogP contribution in [-0.4, -0.2) is 40.4 Å².